The summed E-state index contributed by atoms with van der Waals surface area (Å²) in [5, 5.41) is 0.840. The van der Waals surface area contributed by atoms with Crippen molar-refractivity contribution in [2.75, 3.05) is 24.6 Å². The highest BCUT2D eigenvalue weighted by Gasteiger charge is 2.36. The molecule has 1 aliphatic heterocycles. The number of fused-ring (bicyclic) bond motifs is 1. The molecule has 1 saturated heterocycles. The Morgan fingerprint density at radius 3 is 2.84 bits per heavy atom. The van der Waals surface area contributed by atoms with Gasteiger partial charge < -0.3 is 14.6 Å². The molecule has 1 atom stereocenters. The minimum Gasteiger partial charge on any atom is -0.370 e. The van der Waals surface area contributed by atoms with Crippen molar-refractivity contribution >= 4 is 16.9 Å². The number of hydrogen-bond acceptors (Lipinski definition) is 4. The number of hydrogen-bond donors (Lipinski definition) is 1. The first-order valence-electron chi connectivity index (χ1n) is 7.85. The molecule has 0 radical (unpaired) electrons. The van der Waals surface area contributed by atoms with Crippen LogP contribution in [-0.2, 0) is 10.9 Å². The number of H-pyrrole nitrogens is 1. The van der Waals surface area contributed by atoms with E-state index in [-0.39, 0.29) is 5.56 Å². The Morgan fingerprint density at radius 2 is 2.00 bits per heavy atom. The van der Waals surface area contributed by atoms with Crippen LogP contribution in [0, 0.1) is 0 Å². The molecule has 3 aromatic rings. The van der Waals surface area contributed by atoms with Gasteiger partial charge in [-0.3, -0.25) is 0 Å². The predicted molar refractivity (Wildman–Crippen MR) is 86.2 cm³/mol. The van der Waals surface area contributed by atoms with Crippen molar-refractivity contribution in [2.45, 2.75) is 12.3 Å². The largest absolute Gasteiger partial charge is 0.416 e. The number of morpholine rings is 1. The van der Waals surface area contributed by atoms with E-state index in [0.29, 0.717) is 31.2 Å². The summed E-state index contributed by atoms with van der Waals surface area (Å²) >= 11 is 0. The Bertz CT molecular complexity index is 893. The fourth-order valence-corrected chi connectivity index (χ4v) is 3.18. The number of aromatic nitrogens is 3. The van der Waals surface area contributed by atoms with E-state index in [9.17, 15) is 13.2 Å². The lowest BCUT2D eigenvalue weighted by atomic mass is 10.0. The van der Waals surface area contributed by atoms with Crippen LogP contribution in [-0.4, -0.2) is 34.6 Å². The highest BCUT2D eigenvalue weighted by molar-refractivity contribution is 5.87. The third-order valence-corrected chi connectivity index (χ3v) is 4.31. The van der Waals surface area contributed by atoms with E-state index in [1.165, 1.54) is 18.5 Å². The molecule has 0 bridgehead atoms. The molecule has 130 valence electrons. The average Bonchev–Trinajstić information content (AvgIpc) is 3.10. The van der Waals surface area contributed by atoms with Gasteiger partial charge >= 0.3 is 6.18 Å². The van der Waals surface area contributed by atoms with Crippen molar-refractivity contribution in [1.82, 2.24) is 15.0 Å². The molecule has 4 rings (SSSR count). The zero-order chi connectivity index (χ0) is 17.4. The number of halogens is 3. The van der Waals surface area contributed by atoms with Crippen LogP contribution >= 0.6 is 0 Å². The van der Waals surface area contributed by atoms with Gasteiger partial charge in [0.15, 0.2) is 0 Å². The fraction of sp³-hybridized carbons (Fsp3) is 0.294. The maximum absolute atomic E-state index is 13.3. The maximum atomic E-state index is 13.3. The third kappa shape index (κ3) is 2.93. The number of ether oxygens (including phenoxy) is 1. The molecule has 0 aliphatic carbocycles. The predicted octanol–water partition coefficient (Wildman–Crippen LogP) is 3.55. The van der Waals surface area contributed by atoms with E-state index in [1.807, 2.05) is 11.0 Å². The van der Waals surface area contributed by atoms with Crippen molar-refractivity contribution in [2.24, 2.45) is 0 Å². The van der Waals surface area contributed by atoms with E-state index in [4.69, 9.17) is 4.74 Å². The van der Waals surface area contributed by atoms with Crippen LogP contribution in [0.4, 0.5) is 19.0 Å². The summed E-state index contributed by atoms with van der Waals surface area (Å²) in [6.45, 7) is 1.18. The van der Waals surface area contributed by atoms with Crippen LogP contribution in [0.5, 0.6) is 0 Å². The Morgan fingerprint density at radius 1 is 1.16 bits per heavy atom. The zero-order valence-electron chi connectivity index (χ0n) is 13.1. The molecule has 8 heteroatoms. The number of aromatic amines is 1. The van der Waals surface area contributed by atoms with Gasteiger partial charge in [0.1, 0.15) is 23.9 Å². The quantitative estimate of drug-likeness (QED) is 0.769. The van der Waals surface area contributed by atoms with Crippen LogP contribution in [0.3, 0.4) is 0 Å². The Hall–Kier alpha value is -2.61. The second-order valence-electron chi connectivity index (χ2n) is 5.83. The van der Waals surface area contributed by atoms with Crippen LogP contribution in [0.15, 0.2) is 42.9 Å². The first kappa shape index (κ1) is 15.9. The molecule has 5 nitrogen and oxygen atoms in total. The van der Waals surface area contributed by atoms with E-state index in [1.54, 1.807) is 12.3 Å². The van der Waals surface area contributed by atoms with Crippen molar-refractivity contribution in [1.29, 1.82) is 0 Å². The van der Waals surface area contributed by atoms with Gasteiger partial charge in [-0.05, 0) is 17.7 Å². The number of anilines is 1. The Kier molecular flexibility index (Phi) is 3.84. The first-order chi connectivity index (χ1) is 12.0. The summed E-state index contributed by atoms with van der Waals surface area (Å²) in [6.07, 6.45) is -1.87. The Labute approximate surface area is 141 Å². The van der Waals surface area contributed by atoms with Crippen molar-refractivity contribution in [3.05, 3.63) is 54.0 Å². The monoisotopic (exact) mass is 348 g/mol. The van der Waals surface area contributed by atoms with Gasteiger partial charge in [-0.2, -0.15) is 13.2 Å². The number of nitrogens with one attached hydrogen (secondary N) is 1. The van der Waals surface area contributed by atoms with Crippen molar-refractivity contribution in [3.63, 3.8) is 0 Å². The van der Waals surface area contributed by atoms with Gasteiger partial charge in [-0.1, -0.05) is 18.2 Å². The summed E-state index contributed by atoms with van der Waals surface area (Å²) in [7, 11) is 0. The average molecular weight is 348 g/mol. The molecule has 1 fully saturated rings. The summed E-state index contributed by atoms with van der Waals surface area (Å²) in [4.78, 5) is 13.4. The molecule has 1 N–H and O–H groups in total. The van der Waals surface area contributed by atoms with Crippen LogP contribution in [0.2, 0.25) is 0 Å². The fourth-order valence-electron chi connectivity index (χ4n) is 3.18. The van der Waals surface area contributed by atoms with Crippen LogP contribution < -0.4 is 4.90 Å². The summed E-state index contributed by atoms with van der Waals surface area (Å²) in [5.41, 5.74) is 0.194. The van der Waals surface area contributed by atoms with Gasteiger partial charge in [-0.25, -0.2) is 9.97 Å². The van der Waals surface area contributed by atoms with Gasteiger partial charge in [0, 0.05) is 19.3 Å². The lowest BCUT2D eigenvalue weighted by Crippen LogP contribution is -2.39. The van der Waals surface area contributed by atoms with Gasteiger partial charge in [0.2, 0.25) is 0 Å². The maximum Gasteiger partial charge on any atom is 0.416 e. The summed E-state index contributed by atoms with van der Waals surface area (Å²) in [6, 6.07) is 7.41. The molecular formula is C17H15F3N4O. The smallest absolute Gasteiger partial charge is 0.370 e. The second-order valence-corrected chi connectivity index (χ2v) is 5.83. The van der Waals surface area contributed by atoms with Crippen molar-refractivity contribution in [3.8, 4) is 0 Å². The summed E-state index contributed by atoms with van der Waals surface area (Å²) in [5.74, 6) is 0.698. The molecule has 25 heavy (non-hydrogen) atoms. The highest BCUT2D eigenvalue weighted by atomic mass is 19.4. The van der Waals surface area contributed by atoms with Crippen LogP contribution in [0.25, 0.3) is 11.0 Å². The molecule has 0 saturated carbocycles. The van der Waals surface area contributed by atoms with Crippen molar-refractivity contribution < 1.29 is 17.9 Å². The molecule has 3 heterocycles. The standard InChI is InChI=1S/C17H15F3N4O/c18-17(19,20)13-4-2-1-3-11(13)14-9-24(7-8-25-14)16-12-5-6-21-15(12)22-10-23-16/h1-6,10,14H,7-9H2,(H,21,22,23). The minimum absolute atomic E-state index is 0.152. The number of nitrogens with zero attached hydrogens (tertiary/aromatic N) is 3. The Balaban J connectivity index is 1.68. The molecule has 1 unspecified atom stereocenters. The van der Waals surface area contributed by atoms with Gasteiger partial charge in [0.05, 0.1) is 17.6 Å². The summed E-state index contributed by atoms with van der Waals surface area (Å²) < 4.78 is 45.5. The molecule has 0 spiro atoms. The molecule has 1 aromatic carbocycles. The topological polar surface area (TPSA) is 54.0 Å². The second kappa shape index (κ2) is 6.03. The van der Waals surface area contributed by atoms with Gasteiger partial charge in [0.25, 0.3) is 0 Å². The lowest BCUT2D eigenvalue weighted by molar-refractivity contribution is -0.139. The molecule has 2 aromatic heterocycles. The number of alkyl halides is 3. The SMILES string of the molecule is FC(F)(F)c1ccccc1C1CN(c2ncnc3[nH]ccc23)CCO1. The first-order valence-corrected chi connectivity index (χ1v) is 7.85. The number of benzene rings is 1. The van der Waals surface area contributed by atoms with Gasteiger partial charge in [-0.15, -0.1) is 0 Å². The van der Waals surface area contributed by atoms with Crippen LogP contribution in [0.1, 0.15) is 17.2 Å². The normalized spacial score (nSPS) is 18.7. The number of rotatable bonds is 2. The molecular weight excluding hydrogens is 333 g/mol. The third-order valence-electron chi connectivity index (χ3n) is 4.31. The zero-order valence-corrected chi connectivity index (χ0v) is 13.1. The molecule has 1 aliphatic rings. The van der Waals surface area contributed by atoms with E-state index in [2.05, 4.69) is 15.0 Å². The highest BCUT2D eigenvalue weighted by Crippen LogP contribution is 2.37. The van der Waals surface area contributed by atoms with E-state index < -0.39 is 17.8 Å². The lowest BCUT2D eigenvalue weighted by Gasteiger charge is -2.35. The van der Waals surface area contributed by atoms with E-state index >= 15 is 0 Å². The minimum atomic E-state index is -4.41. The van der Waals surface area contributed by atoms with E-state index in [0.717, 1.165) is 11.5 Å². The molecule has 0 amide bonds.